The Morgan fingerprint density at radius 2 is 1.93 bits per heavy atom. The van der Waals surface area contributed by atoms with E-state index in [-0.39, 0.29) is 5.91 Å². The summed E-state index contributed by atoms with van der Waals surface area (Å²) in [5.41, 5.74) is 4.37. The molecule has 3 aromatic rings. The molecule has 0 radical (unpaired) electrons. The zero-order valence-electron chi connectivity index (χ0n) is 16.8. The maximum absolute atomic E-state index is 13.4. The molecule has 0 unspecified atom stereocenters. The molecule has 0 atom stereocenters. The summed E-state index contributed by atoms with van der Waals surface area (Å²) < 4.78 is 7.71. The van der Waals surface area contributed by atoms with E-state index >= 15 is 0 Å². The van der Waals surface area contributed by atoms with Crippen LogP contribution in [0.2, 0.25) is 5.02 Å². The van der Waals surface area contributed by atoms with Gasteiger partial charge < -0.3 is 9.64 Å². The highest BCUT2D eigenvalue weighted by atomic mass is 35.5. The van der Waals surface area contributed by atoms with E-state index in [2.05, 4.69) is 10.00 Å². The van der Waals surface area contributed by atoms with E-state index in [0.717, 1.165) is 59.2 Å². The van der Waals surface area contributed by atoms with Crippen molar-refractivity contribution < 1.29 is 9.53 Å². The number of para-hydroxylation sites is 1. The molecule has 6 nitrogen and oxygen atoms in total. The van der Waals surface area contributed by atoms with E-state index in [9.17, 15) is 4.79 Å². The molecule has 2 aliphatic rings. The first-order valence-electron chi connectivity index (χ1n) is 10.1. The van der Waals surface area contributed by atoms with Crippen molar-refractivity contribution in [2.45, 2.75) is 19.6 Å². The van der Waals surface area contributed by atoms with Gasteiger partial charge in [0.15, 0.2) is 5.69 Å². The molecule has 0 spiro atoms. The van der Waals surface area contributed by atoms with Gasteiger partial charge in [0.05, 0.1) is 12.4 Å². The average molecular weight is 423 g/mol. The Bertz CT molecular complexity index is 1110. The van der Waals surface area contributed by atoms with Gasteiger partial charge in [0.2, 0.25) is 0 Å². The molecule has 1 aromatic heterocycles. The Kier molecular flexibility index (Phi) is 4.97. The van der Waals surface area contributed by atoms with Gasteiger partial charge in [-0.05, 0) is 30.2 Å². The van der Waals surface area contributed by atoms with Crippen molar-refractivity contribution >= 4 is 17.5 Å². The number of halogens is 1. The van der Waals surface area contributed by atoms with Crippen LogP contribution in [-0.2, 0) is 20.2 Å². The van der Waals surface area contributed by atoms with Gasteiger partial charge in [-0.2, -0.15) is 5.10 Å². The van der Waals surface area contributed by atoms with Gasteiger partial charge in [-0.15, -0.1) is 0 Å². The number of fused-ring (bicyclic) bond motifs is 3. The van der Waals surface area contributed by atoms with Crippen LogP contribution in [0.3, 0.4) is 0 Å². The highest BCUT2D eigenvalue weighted by Crippen LogP contribution is 2.38. The zero-order valence-corrected chi connectivity index (χ0v) is 17.6. The molecule has 5 rings (SSSR count). The van der Waals surface area contributed by atoms with Crippen LogP contribution in [-0.4, -0.2) is 45.2 Å². The summed E-state index contributed by atoms with van der Waals surface area (Å²) in [5, 5.41) is 5.36. The molecule has 154 valence electrons. The van der Waals surface area contributed by atoms with Gasteiger partial charge in [-0.25, -0.2) is 0 Å². The molecule has 2 aromatic carbocycles. The predicted octanol–water partition coefficient (Wildman–Crippen LogP) is 3.94. The lowest BCUT2D eigenvalue weighted by Gasteiger charge is -2.35. The molecule has 7 heteroatoms. The topological polar surface area (TPSA) is 50.6 Å². The van der Waals surface area contributed by atoms with Crippen LogP contribution < -0.4 is 4.74 Å². The van der Waals surface area contributed by atoms with Crippen molar-refractivity contribution in [3.8, 4) is 17.0 Å². The van der Waals surface area contributed by atoms with Gasteiger partial charge in [0.25, 0.3) is 5.91 Å². The molecule has 0 N–H and O–H groups in total. The third-order valence-corrected chi connectivity index (χ3v) is 6.14. The van der Waals surface area contributed by atoms with Crippen molar-refractivity contribution in [1.29, 1.82) is 0 Å². The second-order valence-corrected chi connectivity index (χ2v) is 8.20. The van der Waals surface area contributed by atoms with Crippen LogP contribution in [0.15, 0.2) is 48.5 Å². The highest BCUT2D eigenvalue weighted by molar-refractivity contribution is 6.31. The third-order valence-electron chi connectivity index (χ3n) is 5.77. The van der Waals surface area contributed by atoms with Crippen LogP contribution in [0.1, 0.15) is 28.0 Å². The second kappa shape index (κ2) is 7.78. The molecule has 1 amide bonds. The molecule has 1 fully saturated rings. The van der Waals surface area contributed by atoms with E-state index < -0.39 is 0 Å². The maximum atomic E-state index is 13.4. The van der Waals surface area contributed by atoms with E-state index in [0.29, 0.717) is 19.0 Å². The first kappa shape index (κ1) is 19.2. The highest BCUT2D eigenvalue weighted by Gasteiger charge is 2.32. The predicted molar refractivity (Wildman–Crippen MR) is 115 cm³/mol. The van der Waals surface area contributed by atoms with Crippen LogP contribution in [0.5, 0.6) is 5.75 Å². The Morgan fingerprint density at radius 3 is 2.80 bits per heavy atom. The van der Waals surface area contributed by atoms with E-state index in [1.807, 2.05) is 60.5 Å². The summed E-state index contributed by atoms with van der Waals surface area (Å²) in [6.07, 6.45) is 0.921. The zero-order chi connectivity index (χ0) is 20.7. The summed E-state index contributed by atoms with van der Waals surface area (Å²) >= 11 is 6.33. The van der Waals surface area contributed by atoms with Gasteiger partial charge in [0.1, 0.15) is 12.4 Å². The Hall–Kier alpha value is -2.83. The lowest BCUT2D eigenvalue weighted by molar-refractivity contribution is 0.0471. The van der Waals surface area contributed by atoms with Crippen molar-refractivity contribution in [3.05, 3.63) is 70.4 Å². The number of aryl methyl sites for hydroxylation is 1. The monoisotopic (exact) mass is 422 g/mol. The molecule has 3 heterocycles. The molecule has 0 saturated carbocycles. The number of carbonyl (C=O) groups excluding carboxylic acids is 1. The van der Waals surface area contributed by atoms with Crippen LogP contribution in [0, 0.1) is 0 Å². The Morgan fingerprint density at radius 1 is 1.13 bits per heavy atom. The number of carbonyl (C=O) groups is 1. The SMILES string of the molecule is Cn1nc(C(=O)N2CCCN(Cc3ccccc3Cl)C2)c2c1-c1ccccc1OC2. The molecule has 2 aliphatic heterocycles. The molecular weight excluding hydrogens is 400 g/mol. The third kappa shape index (κ3) is 3.36. The first-order chi connectivity index (χ1) is 14.6. The first-order valence-corrected chi connectivity index (χ1v) is 10.5. The number of rotatable bonds is 3. The van der Waals surface area contributed by atoms with E-state index in [1.54, 1.807) is 4.68 Å². The number of hydrogen-bond donors (Lipinski definition) is 0. The summed E-state index contributed by atoms with van der Waals surface area (Å²) in [7, 11) is 1.89. The standard InChI is InChI=1S/C23H23ClN4O2/c1-26-22-17-8-3-5-10-20(17)30-14-18(22)21(25-26)23(29)28-12-6-11-27(15-28)13-16-7-2-4-9-19(16)24/h2-5,7-10H,6,11-15H2,1H3. The largest absolute Gasteiger partial charge is 0.488 e. The summed E-state index contributed by atoms with van der Waals surface area (Å²) in [6.45, 7) is 3.30. The maximum Gasteiger partial charge on any atom is 0.275 e. The van der Waals surface area contributed by atoms with Crippen molar-refractivity contribution in [2.75, 3.05) is 19.8 Å². The normalized spacial score (nSPS) is 16.0. The molecule has 1 saturated heterocycles. The smallest absolute Gasteiger partial charge is 0.275 e. The van der Waals surface area contributed by atoms with Gasteiger partial charge in [0, 0.05) is 42.8 Å². The molecule has 30 heavy (non-hydrogen) atoms. The number of aromatic nitrogens is 2. The summed E-state index contributed by atoms with van der Waals surface area (Å²) in [6, 6.07) is 15.7. The van der Waals surface area contributed by atoms with E-state index in [4.69, 9.17) is 16.3 Å². The molecular formula is C23H23ClN4O2. The minimum atomic E-state index is -0.0429. The average Bonchev–Trinajstić information content (AvgIpc) is 3.12. The minimum Gasteiger partial charge on any atom is -0.488 e. The lowest BCUT2D eigenvalue weighted by atomic mass is 10.0. The fourth-order valence-electron chi connectivity index (χ4n) is 4.33. The quantitative estimate of drug-likeness (QED) is 0.641. The van der Waals surface area contributed by atoms with Gasteiger partial charge in [-0.3, -0.25) is 14.4 Å². The Labute approximate surface area is 180 Å². The lowest BCUT2D eigenvalue weighted by Crippen LogP contribution is -2.47. The fourth-order valence-corrected chi connectivity index (χ4v) is 4.53. The fraction of sp³-hybridized carbons (Fsp3) is 0.304. The molecule has 0 bridgehead atoms. The number of ether oxygens (including phenoxy) is 1. The van der Waals surface area contributed by atoms with Crippen molar-refractivity contribution in [3.63, 3.8) is 0 Å². The van der Waals surface area contributed by atoms with Crippen LogP contribution >= 0.6 is 11.6 Å². The molecule has 0 aliphatic carbocycles. The summed E-state index contributed by atoms with van der Waals surface area (Å²) in [5.74, 6) is 0.787. The van der Waals surface area contributed by atoms with Crippen LogP contribution in [0.25, 0.3) is 11.3 Å². The van der Waals surface area contributed by atoms with E-state index in [1.165, 1.54) is 0 Å². The summed E-state index contributed by atoms with van der Waals surface area (Å²) in [4.78, 5) is 17.5. The number of amides is 1. The van der Waals surface area contributed by atoms with Gasteiger partial charge >= 0.3 is 0 Å². The van der Waals surface area contributed by atoms with Gasteiger partial charge in [-0.1, -0.05) is 41.9 Å². The van der Waals surface area contributed by atoms with Crippen molar-refractivity contribution in [2.24, 2.45) is 7.05 Å². The minimum absolute atomic E-state index is 0.0429. The Balaban J connectivity index is 1.39. The van der Waals surface area contributed by atoms with Crippen molar-refractivity contribution in [1.82, 2.24) is 19.6 Å². The second-order valence-electron chi connectivity index (χ2n) is 7.79. The number of hydrogen-bond acceptors (Lipinski definition) is 4. The number of nitrogens with zero attached hydrogens (tertiary/aromatic N) is 4. The number of benzene rings is 2. The van der Waals surface area contributed by atoms with Crippen LogP contribution in [0.4, 0.5) is 0 Å².